The van der Waals surface area contributed by atoms with Crippen LogP contribution in [0.15, 0.2) is 30.3 Å². The summed E-state index contributed by atoms with van der Waals surface area (Å²) in [7, 11) is 0. The van der Waals surface area contributed by atoms with Crippen molar-refractivity contribution in [1.82, 2.24) is 9.78 Å². The molecule has 21 heavy (non-hydrogen) atoms. The van der Waals surface area contributed by atoms with Gasteiger partial charge in [-0.05, 0) is 38.7 Å². The van der Waals surface area contributed by atoms with Gasteiger partial charge in [-0.2, -0.15) is 5.10 Å². The molecule has 1 aliphatic rings. The highest BCUT2D eigenvalue weighted by molar-refractivity contribution is 5.96. The molecule has 1 amide bonds. The second-order valence-electron chi connectivity index (χ2n) is 5.71. The Kier molecular flexibility index (Phi) is 3.53. The fourth-order valence-corrected chi connectivity index (χ4v) is 2.96. The zero-order chi connectivity index (χ0) is 15.0. The fourth-order valence-electron chi connectivity index (χ4n) is 2.96. The van der Waals surface area contributed by atoms with E-state index in [4.69, 9.17) is 0 Å². The number of benzene rings is 1. The van der Waals surface area contributed by atoms with Crippen molar-refractivity contribution in [2.75, 3.05) is 5.32 Å². The molecule has 1 aromatic heterocycles. The van der Waals surface area contributed by atoms with Gasteiger partial charge in [-0.1, -0.05) is 30.3 Å². The lowest BCUT2D eigenvalue weighted by atomic mass is 10.1. The van der Waals surface area contributed by atoms with Crippen LogP contribution in [-0.4, -0.2) is 15.7 Å². The summed E-state index contributed by atoms with van der Waals surface area (Å²) in [6, 6.07) is 10.3. The van der Waals surface area contributed by atoms with Gasteiger partial charge in [-0.25, -0.2) is 0 Å². The monoisotopic (exact) mass is 283 g/mol. The number of aromatic nitrogens is 2. The predicted molar refractivity (Wildman–Crippen MR) is 83.3 cm³/mol. The molecular formula is C17H21N3O. The molecule has 1 fully saturated rings. The van der Waals surface area contributed by atoms with Crippen LogP contribution in [0.5, 0.6) is 0 Å². The third-order valence-corrected chi connectivity index (χ3v) is 4.28. The number of rotatable bonds is 4. The van der Waals surface area contributed by atoms with Gasteiger partial charge in [0.15, 0.2) is 0 Å². The van der Waals surface area contributed by atoms with E-state index in [1.165, 1.54) is 5.56 Å². The number of amides is 1. The number of carbonyl (C=O) groups is 1. The van der Waals surface area contributed by atoms with Crippen LogP contribution in [0.3, 0.4) is 0 Å². The minimum Gasteiger partial charge on any atom is -0.323 e. The van der Waals surface area contributed by atoms with Crippen LogP contribution in [-0.2, 0) is 11.3 Å². The van der Waals surface area contributed by atoms with Crippen LogP contribution in [0, 0.1) is 19.8 Å². The molecule has 1 saturated carbocycles. The van der Waals surface area contributed by atoms with Gasteiger partial charge in [0.2, 0.25) is 5.91 Å². The van der Waals surface area contributed by atoms with E-state index in [-0.39, 0.29) is 11.8 Å². The second kappa shape index (κ2) is 5.35. The maximum Gasteiger partial charge on any atom is 0.228 e. The smallest absolute Gasteiger partial charge is 0.228 e. The van der Waals surface area contributed by atoms with E-state index in [1.807, 2.05) is 36.7 Å². The highest BCUT2D eigenvalue weighted by Gasteiger charge is 2.44. The minimum atomic E-state index is 0.0937. The number of aryl methyl sites for hydroxylation is 2. The molecule has 4 heteroatoms. The molecule has 0 unspecified atom stereocenters. The first-order chi connectivity index (χ1) is 10.1. The number of carbonyl (C=O) groups excluding carboxylic acids is 1. The number of nitrogens with zero attached hydrogens (tertiary/aromatic N) is 2. The van der Waals surface area contributed by atoms with Crippen molar-refractivity contribution in [3.05, 3.63) is 47.3 Å². The Labute approximate surface area is 125 Å². The first-order valence-corrected chi connectivity index (χ1v) is 7.51. The molecule has 0 saturated heterocycles. The third-order valence-electron chi connectivity index (χ3n) is 4.28. The summed E-state index contributed by atoms with van der Waals surface area (Å²) in [5.74, 6) is 0.579. The van der Waals surface area contributed by atoms with Crippen LogP contribution in [0.4, 0.5) is 5.69 Å². The van der Waals surface area contributed by atoms with Crippen LogP contribution in [0.1, 0.15) is 36.2 Å². The summed E-state index contributed by atoms with van der Waals surface area (Å²) in [4.78, 5) is 12.4. The molecule has 0 radical (unpaired) electrons. The predicted octanol–water partition coefficient (Wildman–Crippen LogP) is 3.26. The zero-order valence-corrected chi connectivity index (χ0v) is 12.8. The van der Waals surface area contributed by atoms with E-state index in [2.05, 4.69) is 29.5 Å². The van der Waals surface area contributed by atoms with E-state index in [9.17, 15) is 4.79 Å². The van der Waals surface area contributed by atoms with Gasteiger partial charge in [-0.15, -0.1) is 0 Å². The molecule has 1 aliphatic carbocycles. The van der Waals surface area contributed by atoms with E-state index < -0.39 is 0 Å². The number of hydrogen-bond donors (Lipinski definition) is 1. The molecule has 0 spiro atoms. The van der Waals surface area contributed by atoms with E-state index >= 15 is 0 Å². The van der Waals surface area contributed by atoms with Gasteiger partial charge >= 0.3 is 0 Å². The number of anilines is 1. The Morgan fingerprint density at radius 2 is 2.05 bits per heavy atom. The maximum atomic E-state index is 12.4. The average molecular weight is 283 g/mol. The third kappa shape index (κ3) is 2.58. The fraction of sp³-hybridized carbons (Fsp3) is 0.412. The minimum absolute atomic E-state index is 0.0937. The van der Waals surface area contributed by atoms with Crippen molar-refractivity contribution in [3.8, 4) is 0 Å². The van der Waals surface area contributed by atoms with Gasteiger partial charge in [-0.3, -0.25) is 9.48 Å². The zero-order valence-electron chi connectivity index (χ0n) is 12.8. The molecule has 1 aromatic carbocycles. The molecule has 2 atom stereocenters. The summed E-state index contributed by atoms with van der Waals surface area (Å²) >= 11 is 0. The van der Waals surface area contributed by atoms with Gasteiger partial charge < -0.3 is 5.32 Å². The van der Waals surface area contributed by atoms with Crippen molar-refractivity contribution < 1.29 is 4.79 Å². The largest absolute Gasteiger partial charge is 0.323 e. The van der Waals surface area contributed by atoms with Gasteiger partial charge in [0, 0.05) is 12.5 Å². The van der Waals surface area contributed by atoms with Gasteiger partial charge in [0.05, 0.1) is 17.1 Å². The molecule has 0 bridgehead atoms. The number of nitrogens with one attached hydrogen (secondary N) is 1. The lowest BCUT2D eigenvalue weighted by Gasteiger charge is -2.06. The second-order valence-corrected chi connectivity index (χ2v) is 5.71. The molecular weight excluding hydrogens is 262 g/mol. The summed E-state index contributed by atoms with van der Waals surface area (Å²) in [5, 5.41) is 7.51. The number of hydrogen-bond acceptors (Lipinski definition) is 2. The standard InChI is InChI=1S/C17H21N3O/c1-4-20-12(3)16(11(2)19-20)18-17(21)15-10-14(15)13-8-6-5-7-9-13/h5-9,14-15H,4,10H2,1-3H3,(H,18,21)/t14-,15-/m0/s1. The van der Waals surface area contributed by atoms with Crippen LogP contribution in [0.25, 0.3) is 0 Å². The quantitative estimate of drug-likeness (QED) is 0.936. The molecule has 1 N–H and O–H groups in total. The molecule has 110 valence electrons. The topological polar surface area (TPSA) is 46.9 Å². The van der Waals surface area contributed by atoms with Crippen LogP contribution >= 0.6 is 0 Å². The Balaban J connectivity index is 1.70. The highest BCUT2D eigenvalue weighted by Crippen LogP contribution is 2.48. The summed E-state index contributed by atoms with van der Waals surface area (Å²) in [5.41, 5.74) is 4.05. The van der Waals surface area contributed by atoms with Crippen molar-refractivity contribution in [1.29, 1.82) is 0 Å². The van der Waals surface area contributed by atoms with Crippen LogP contribution < -0.4 is 5.32 Å². The summed E-state index contributed by atoms with van der Waals surface area (Å²) in [6.45, 7) is 6.81. The van der Waals surface area contributed by atoms with Crippen molar-refractivity contribution >= 4 is 11.6 Å². The van der Waals surface area contributed by atoms with E-state index in [0.717, 1.165) is 30.0 Å². The Morgan fingerprint density at radius 1 is 1.33 bits per heavy atom. The van der Waals surface area contributed by atoms with Crippen molar-refractivity contribution in [2.45, 2.75) is 39.7 Å². The van der Waals surface area contributed by atoms with Crippen LogP contribution in [0.2, 0.25) is 0 Å². The van der Waals surface area contributed by atoms with E-state index in [0.29, 0.717) is 5.92 Å². The summed E-state index contributed by atoms with van der Waals surface area (Å²) < 4.78 is 1.92. The first-order valence-electron chi connectivity index (χ1n) is 7.51. The lowest BCUT2D eigenvalue weighted by Crippen LogP contribution is -2.15. The van der Waals surface area contributed by atoms with Crippen molar-refractivity contribution in [2.24, 2.45) is 5.92 Å². The molecule has 2 aromatic rings. The van der Waals surface area contributed by atoms with Gasteiger partial charge in [0.1, 0.15) is 0 Å². The SMILES string of the molecule is CCn1nc(C)c(NC(=O)[C@H]2C[C@H]2c2ccccc2)c1C. The van der Waals surface area contributed by atoms with Gasteiger partial charge in [0.25, 0.3) is 0 Å². The maximum absolute atomic E-state index is 12.4. The lowest BCUT2D eigenvalue weighted by molar-refractivity contribution is -0.117. The van der Waals surface area contributed by atoms with Crippen molar-refractivity contribution in [3.63, 3.8) is 0 Å². The highest BCUT2D eigenvalue weighted by atomic mass is 16.2. The first kappa shape index (κ1) is 13.9. The Morgan fingerprint density at radius 3 is 2.67 bits per heavy atom. The Bertz CT molecular complexity index is 660. The molecule has 4 nitrogen and oxygen atoms in total. The van der Waals surface area contributed by atoms with E-state index in [1.54, 1.807) is 0 Å². The normalized spacial score (nSPS) is 20.3. The summed E-state index contributed by atoms with van der Waals surface area (Å²) in [6.07, 6.45) is 0.940. The molecule has 0 aliphatic heterocycles. The average Bonchev–Trinajstić information content (AvgIpc) is 3.26. The Hall–Kier alpha value is -2.10. The molecule has 1 heterocycles. The molecule has 3 rings (SSSR count).